The molecule has 5 nitrogen and oxygen atoms in total. The van der Waals surface area contributed by atoms with Crippen molar-refractivity contribution in [3.63, 3.8) is 0 Å². The third kappa shape index (κ3) is 2.85. The third-order valence-corrected chi connectivity index (χ3v) is 6.71. The zero-order valence-electron chi connectivity index (χ0n) is 17.5. The molecule has 0 radical (unpaired) electrons. The van der Waals surface area contributed by atoms with E-state index in [9.17, 15) is 9.59 Å². The van der Waals surface area contributed by atoms with Gasteiger partial charge in [-0.2, -0.15) is 0 Å². The number of rotatable bonds is 4. The SMILES string of the molecule is O=C(NCCc1ccccc1)[C@@H]1Cc2c([nH]c3ccccc23)[C@H]2c3ccccc3C(=O)N21. The summed E-state index contributed by atoms with van der Waals surface area (Å²) in [4.78, 5) is 32.1. The molecule has 3 heterocycles. The third-order valence-electron chi connectivity index (χ3n) is 6.71. The van der Waals surface area contributed by atoms with Gasteiger partial charge in [0.2, 0.25) is 5.91 Å². The minimum atomic E-state index is -0.539. The lowest BCUT2D eigenvalue weighted by molar-refractivity contribution is -0.126. The molecule has 0 saturated heterocycles. The summed E-state index contributed by atoms with van der Waals surface area (Å²) in [5.74, 6) is -0.166. The first-order valence-electron chi connectivity index (χ1n) is 11.0. The number of amides is 2. The van der Waals surface area contributed by atoms with Crippen LogP contribution in [0, 0.1) is 0 Å². The molecule has 0 saturated carbocycles. The predicted molar refractivity (Wildman–Crippen MR) is 123 cm³/mol. The highest BCUT2D eigenvalue weighted by Crippen LogP contribution is 2.46. The van der Waals surface area contributed by atoms with Crippen LogP contribution in [0.25, 0.3) is 10.9 Å². The number of H-pyrrole nitrogens is 1. The van der Waals surface area contributed by atoms with Crippen molar-refractivity contribution in [2.24, 2.45) is 0 Å². The van der Waals surface area contributed by atoms with Gasteiger partial charge >= 0.3 is 0 Å². The fourth-order valence-electron chi connectivity index (χ4n) is 5.23. The van der Waals surface area contributed by atoms with Crippen molar-refractivity contribution >= 4 is 22.7 Å². The second kappa shape index (κ2) is 7.38. The molecule has 1 aromatic heterocycles. The summed E-state index contributed by atoms with van der Waals surface area (Å²) in [7, 11) is 0. The lowest BCUT2D eigenvalue weighted by atomic mass is 9.90. The summed E-state index contributed by atoms with van der Waals surface area (Å²) in [5, 5.41) is 4.21. The van der Waals surface area contributed by atoms with Crippen LogP contribution in [0.3, 0.4) is 0 Å². The summed E-state index contributed by atoms with van der Waals surface area (Å²) in [5.41, 5.74) is 6.03. The van der Waals surface area contributed by atoms with E-state index in [1.165, 1.54) is 5.56 Å². The van der Waals surface area contributed by atoms with Crippen molar-refractivity contribution in [1.82, 2.24) is 15.2 Å². The van der Waals surface area contributed by atoms with Crippen LogP contribution >= 0.6 is 0 Å². The summed E-state index contributed by atoms with van der Waals surface area (Å²) in [6, 6.07) is 25.2. The van der Waals surface area contributed by atoms with Gasteiger partial charge < -0.3 is 15.2 Å². The maximum Gasteiger partial charge on any atom is 0.255 e. The zero-order valence-corrected chi connectivity index (χ0v) is 17.5. The maximum absolute atomic E-state index is 13.4. The van der Waals surface area contributed by atoms with Gasteiger partial charge in [0.05, 0.1) is 6.04 Å². The van der Waals surface area contributed by atoms with Crippen LogP contribution in [0.4, 0.5) is 0 Å². The number of benzene rings is 3. The van der Waals surface area contributed by atoms with Crippen molar-refractivity contribution in [3.8, 4) is 0 Å². The summed E-state index contributed by atoms with van der Waals surface area (Å²) in [6.45, 7) is 0.541. The Morgan fingerprint density at radius 1 is 0.969 bits per heavy atom. The first-order valence-corrected chi connectivity index (χ1v) is 11.0. The van der Waals surface area contributed by atoms with Gasteiger partial charge in [0.1, 0.15) is 6.04 Å². The number of carbonyl (C=O) groups excluding carboxylic acids is 2. The van der Waals surface area contributed by atoms with Crippen molar-refractivity contribution in [3.05, 3.63) is 107 Å². The number of nitrogens with zero attached hydrogens (tertiary/aromatic N) is 1. The lowest BCUT2D eigenvalue weighted by Crippen LogP contribution is -2.52. The van der Waals surface area contributed by atoms with E-state index in [0.29, 0.717) is 18.5 Å². The molecular weight excluding hydrogens is 398 g/mol. The number of hydrogen-bond acceptors (Lipinski definition) is 2. The van der Waals surface area contributed by atoms with Gasteiger partial charge in [-0.15, -0.1) is 0 Å². The second-order valence-corrected chi connectivity index (χ2v) is 8.51. The number of aromatic amines is 1. The van der Waals surface area contributed by atoms with E-state index in [1.54, 1.807) is 4.90 Å². The van der Waals surface area contributed by atoms with E-state index in [0.717, 1.165) is 34.1 Å². The number of nitrogens with one attached hydrogen (secondary N) is 2. The van der Waals surface area contributed by atoms with Crippen LogP contribution in [0.15, 0.2) is 78.9 Å². The number of fused-ring (bicyclic) bond motifs is 7. The molecule has 2 aliphatic heterocycles. The Morgan fingerprint density at radius 2 is 1.72 bits per heavy atom. The topological polar surface area (TPSA) is 65.2 Å². The van der Waals surface area contributed by atoms with Crippen molar-refractivity contribution < 1.29 is 9.59 Å². The van der Waals surface area contributed by atoms with Gasteiger partial charge in [0, 0.05) is 35.1 Å². The van der Waals surface area contributed by atoms with E-state index in [2.05, 4.69) is 34.6 Å². The van der Waals surface area contributed by atoms with Crippen molar-refractivity contribution in [2.45, 2.75) is 24.9 Å². The second-order valence-electron chi connectivity index (χ2n) is 8.51. The molecule has 158 valence electrons. The van der Waals surface area contributed by atoms with Crippen LogP contribution in [0.1, 0.15) is 38.8 Å². The van der Waals surface area contributed by atoms with Crippen molar-refractivity contribution in [1.29, 1.82) is 0 Å². The molecule has 2 aliphatic rings. The Morgan fingerprint density at radius 3 is 2.59 bits per heavy atom. The van der Waals surface area contributed by atoms with Crippen molar-refractivity contribution in [2.75, 3.05) is 6.54 Å². The number of para-hydroxylation sites is 1. The molecule has 32 heavy (non-hydrogen) atoms. The Kier molecular flexibility index (Phi) is 4.35. The first-order chi connectivity index (χ1) is 15.7. The Bertz CT molecular complexity index is 1340. The van der Waals surface area contributed by atoms with E-state index in [1.807, 2.05) is 54.6 Å². The normalized spacial score (nSPS) is 18.9. The number of carbonyl (C=O) groups is 2. The monoisotopic (exact) mass is 421 g/mol. The standard InChI is InChI=1S/C27H23N3O2/c31-26(28-15-14-17-8-2-1-3-9-17)23-16-21-18-10-6-7-13-22(18)29-24(21)25-19-11-4-5-12-20(19)27(32)30(23)25/h1-13,23,25,29H,14-16H2,(H,28,31)/t23-,25+/m0/s1. The van der Waals surface area contributed by atoms with Crippen LogP contribution in [0.5, 0.6) is 0 Å². The number of aromatic nitrogens is 1. The molecule has 2 N–H and O–H groups in total. The highest BCUT2D eigenvalue weighted by atomic mass is 16.2. The fourth-order valence-corrected chi connectivity index (χ4v) is 5.23. The Balaban J connectivity index is 1.36. The molecule has 0 bridgehead atoms. The Labute approximate surface area is 186 Å². The molecule has 6 rings (SSSR count). The van der Waals surface area contributed by atoms with Gasteiger partial charge in [0.25, 0.3) is 5.91 Å². The average molecular weight is 422 g/mol. The molecule has 0 unspecified atom stereocenters. The summed E-state index contributed by atoms with van der Waals surface area (Å²) >= 11 is 0. The minimum absolute atomic E-state index is 0.0712. The largest absolute Gasteiger partial charge is 0.356 e. The van der Waals surface area contributed by atoms with E-state index >= 15 is 0 Å². The molecular formula is C27H23N3O2. The van der Waals surface area contributed by atoms with Gasteiger partial charge in [-0.05, 0) is 35.2 Å². The van der Waals surface area contributed by atoms with Crippen LogP contribution in [0.2, 0.25) is 0 Å². The number of hydrogen-bond donors (Lipinski definition) is 2. The van der Waals surface area contributed by atoms with Crippen LogP contribution < -0.4 is 5.32 Å². The Hall–Kier alpha value is -3.86. The highest BCUT2D eigenvalue weighted by molar-refractivity contribution is 6.03. The summed E-state index contributed by atoms with van der Waals surface area (Å²) < 4.78 is 0. The van der Waals surface area contributed by atoms with E-state index in [-0.39, 0.29) is 17.9 Å². The molecule has 0 spiro atoms. The van der Waals surface area contributed by atoms with Gasteiger partial charge in [0.15, 0.2) is 0 Å². The van der Waals surface area contributed by atoms with Crippen LogP contribution in [-0.2, 0) is 17.6 Å². The summed E-state index contributed by atoms with van der Waals surface area (Å²) in [6.07, 6.45) is 1.27. The molecule has 0 aliphatic carbocycles. The molecule has 2 amide bonds. The van der Waals surface area contributed by atoms with E-state index in [4.69, 9.17) is 0 Å². The minimum Gasteiger partial charge on any atom is -0.356 e. The predicted octanol–water partition coefficient (Wildman–Crippen LogP) is 4.00. The zero-order chi connectivity index (χ0) is 21.7. The lowest BCUT2D eigenvalue weighted by Gasteiger charge is -2.37. The highest BCUT2D eigenvalue weighted by Gasteiger charge is 2.48. The van der Waals surface area contributed by atoms with E-state index < -0.39 is 6.04 Å². The molecule has 0 fully saturated rings. The molecule has 5 heteroatoms. The molecule has 3 aromatic carbocycles. The molecule has 2 atom stereocenters. The average Bonchev–Trinajstić information content (AvgIpc) is 3.35. The quantitative estimate of drug-likeness (QED) is 0.523. The maximum atomic E-state index is 13.4. The smallest absolute Gasteiger partial charge is 0.255 e. The van der Waals surface area contributed by atoms with Gasteiger partial charge in [-0.1, -0.05) is 66.7 Å². The first kappa shape index (κ1) is 18.9. The van der Waals surface area contributed by atoms with Crippen LogP contribution in [-0.4, -0.2) is 34.3 Å². The molecule has 4 aromatic rings. The fraction of sp³-hybridized carbons (Fsp3) is 0.185. The van der Waals surface area contributed by atoms with Gasteiger partial charge in [-0.3, -0.25) is 9.59 Å². The van der Waals surface area contributed by atoms with Gasteiger partial charge in [-0.25, -0.2) is 0 Å².